The predicted molar refractivity (Wildman–Crippen MR) is 66.6 cm³/mol. The van der Waals surface area contributed by atoms with Crippen molar-refractivity contribution in [2.75, 3.05) is 6.61 Å². The summed E-state index contributed by atoms with van der Waals surface area (Å²) in [6, 6.07) is 0. The quantitative estimate of drug-likeness (QED) is 0.294. The van der Waals surface area contributed by atoms with Gasteiger partial charge < -0.3 is 14.9 Å². The zero-order chi connectivity index (χ0) is 14.0. The molecule has 0 bridgehead atoms. The zero-order valence-corrected chi connectivity index (χ0v) is 10.6. The van der Waals surface area contributed by atoms with E-state index in [9.17, 15) is 14.7 Å². The number of rotatable bonds is 8. The average molecular weight is 256 g/mol. The van der Waals surface area contributed by atoms with Crippen molar-refractivity contribution in [1.29, 1.82) is 0 Å². The highest BCUT2D eigenvalue weighted by molar-refractivity contribution is 5.98. The molecule has 5 nitrogen and oxygen atoms in total. The van der Waals surface area contributed by atoms with Crippen LogP contribution in [0.15, 0.2) is 24.3 Å². The molecular formula is C13H20O5. The van der Waals surface area contributed by atoms with Crippen LogP contribution in [0.25, 0.3) is 0 Å². The fourth-order valence-corrected chi connectivity index (χ4v) is 1.30. The van der Waals surface area contributed by atoms with E-state index < -0.39 is 18.0 Å². The second-order valence-electron chi connectivity index (χ2n) is 3.90. The van der Waals surface area contributed by atoms with E-state index in [1.807, 2.05) is 0 Å². The van der Waals surface area contributed by atoms with Gasteiger partial charge in [0.15, 0.2) is 0 Å². The van der Waals surface area contributed by atoms with Gasteiger partial charge in [-0.3, -0.25) is 0 Å². The molecule has 1 atom stereocenters. The molecule has 5 heteroatoms. The Hall–Kier alpha value is -1.46. The molecule has 0 heterocycles. The molecule has 0 fully saturated rings. The average Bonchev–Trinajstić information content (AvgIpc) is 2.34. The van der Waals surface area contributed by atoms with E-state index in [1.165, 1.54) is 13.0 Å². The number of aliphatic hydroxyl groups is 2. The van der Waals surface area contributed by atoms with E-state index in [0.717, 1.165) is 18.9 Å². The van der Waals surface area contributed by atoms with Crippen molar-refractivity contribution in [3.8, 4) is 0 Å². The molecule has 0 aromatic heterocycles. The van der Waals surface area contributed by atoms with Crippen molar-refractivity contribution in [3.05, 3.63) is 24.3 Å². The molecular weight excluding hydrogens is 236 g/mol. The molecule has 0 aliphatic heterocycles. The molecule has 0 amide bonds. The number of carbonyl (C=O) groups excluding carboxylic acids is 2. The Morgan fingerprint density at radius 1 is 1.33 bits per heavy atom. The molecule has 0 aromatic carbocycles. The van der Waals surface area contributed by atoms with Gasteiger partial charge in [-0.15, -0.1) is 0 Å². The van der Waals surface area contributed by atoms with Gasteiger partial charge in [0.2, 0.25) is 0 Å². The van der Waals surface area contributed by atoms with Crippen molar-refractivity contribution < 1.29 is 24.5 Å². The van der Waals surface area contributed by atoms with Crippen LogP contribution in [0.4, 0.5) is 0 Å². The molecule has 0 saturated heterocycles. The first kappa shape index (κ1) is 16.5. The number of hydrogen-bond donors (Lipinski definition) is 2. The Kier molecular flexibility index (Phi) is 8.78. The van der Waals surface area contributed by atoms with E-state index in [2.05, 4.69) is 11.3 Å². The Morgan fingerprint density at radius 3 is 2.56 bits per heavy atom. The Labute approximate surface area is 107 Å². The smallest absolute Gasteiger partial charge is 0.341 e. The van der Waals surface area contributed by atoms with Gasteiger partial charge in [-0.25, -0.2) is 9.59 Å². The first-order valence-corrected chi connectivity index (χ1v) is 5.87. The molecule has 0 radical (unpaired) electrons. The second-order valence-corrected chi connectivity index (χ2v) is 3.90. The van der Waals surface area contributed by atoms with Crippen LogP contribution in [0, 0.1) is 0 Å². The largest absolute Gasteiger partial charge is 0.396 e. The fourth-order valence-electron chi connectivity index (χ4n) is 1.30. The molecule has 102 valence electrons. The summed E-state index contributed by atoms with van der Waals surface area (Å²) in [6.45, 7) is 4.78. The lowest BCUT2D eigenvalue weighted by Gasteiger charge is -2.07. The van der Waals surface area contributed by atoms with Gasteiger partial charge in [0.1, 0.15) is 0 Å². The minimum Gasteiger partial charge on any atom is -0.396 e. The van der Waals surface area contributed by atoms with Crippen LogP contribution in [0.3, 0.4) is 0 Å². The van der Waals surface area contributed by atoms with Gasteiger partial charge in [-0.05, 0) is 25.8 Å². The zero-order valence-electron chi connectivity index (χ0n) is 10.6. The van der Waals surface area contributed by atoms with E-state index in [1.54, 1.807) is 0 Å². The Morgan fingerprint density at radius 2 is 2.00 bits per heavy atom. The molecule has 0 aliphatic carbocycles. The van der Waals surface area contributed by atoms with E-state index in [-0.39, 0.29) is 12.2 Å². The summed E-state index contributed by atoms with van der Waals surface area (Å²) in [7, 11) is 0. The SMILES string of the molecule is C=CC(=O)OC(=O)C(C)=CC(O)CCCCCO. The van der Waals surface area contributed by atoms with E-state index >= 15 is 0 Å². The highest BCUT2D eigenvalue weighted by Crippen LogP contribution is 2.07. The highest BCUT2D eigenvalue weighted by Gasteiger charge is 2.11. The lowest BCUT2D eigenvalue weighted by Crippen LogP contribution is -2.13. The van der Waals surface area contributed by atoms with Gasteiger partial charge >= 0.3 is 11.9 Å². The van der Waals surface area contributed by atoms with Gasteiger partial charge in [0.05, 0.1) is 6.10 Å². The normalized spacial score (nSPS) is 12.9. The van der Waals surface area contributed by atoms with E-state index in [0.29, 0.717) is 12.8 Å². The maximum Gasteiger partial charge on any atom is 0.341 e. The summed E-state index contributed by atoms with van der Waals surface area (Å²) in [5.41, 5.74) is 0.180. The van der Waals surface area contributed by atoms with Gasteiger partial charge in [-0.1, -0.05) is 19.4 Å². The molecule has 1 unspecified atom stereocenters. The topological polar surface area (TPSA) is 83.8 Å². The summed E-state index contributed by atoms with van der Waals surface area (Å²) in [6.07, 6.45) is 4.28. The third-order valence-corrected chi connectivity index (χ3v) is 2.28. The third-order valence-electron chi connectivity index (χ3n) is 2.28. The highest BCUT2D eigenvalue weighted by atomic mass is 16.6. The van der Waals surface area contributed by atoms with Crippen LogP contribution < -0.4 is 0 Å². The number of ether oxygens (including phenoxy) is 1. The molecule has 2 N–H and O–H groups in total. The molecule has 0 saturated carbocycles. The van der Waals surface area contributed by atoms with Gasteiger partial charge in [0.25, 0.3) is 0 Å². The minimum absolute atomic E-state index is 0.140. The van der Waals surface area contributed by atoms with Crippen molar-refractivity contribution in [3.63, 3.8) is 0 Å². The van der Waals surface area contributed by atoms with Crippen LogP contribution in [0.5, 0.6) is 0 Å². The van der Waals surface area contributed by atoms with Crippen LogP contribution in [0.1, 0.15) is 32.6 Å². The number of hydrogen-bond acceptors (Lipinski definition) is 5. The summed E-state index contributed by atoms with van der Waals surface area (Å²) < 4.78 is 4.40. The van der Waals surface area contributed by atoms with Crippen LogP contribution >= 0.6 is 0 Å². The van der Waals surface area contributed by atoms with Gasteiger partial charge in [-0.2, -0.15) is 0 Å². The number of carbonyl (C=O) groups is 2. The molecule has 0 aliphatic rings. The summed E-state index contributed by atoms with van der Waals surface area (Å²) >= 11 is 0. The molecule has 0 spiro atoms. The summed E-state index contributed by atoms with van der Waals surface area (Å²) in [5, 5.41) is 18.2. The molecule has 18 heavy (non-hydrogen) atoms. The maximum atomic E-state index is 11.3. The minimum atomic E-state index is -0.815. The van der Waals surface area contributed by atoms with Gasteiger partial charge in [0, 0.05) is 18.3 Å². The van der Waals surface area contributed by atoms with Crippen molar-refractivity contribution in [1.82, 2.24) is 0 Å². The molecule has 0 aromatic rings. The third kappa shape index (κ3) is 7.76. The van der Waals surface area contributed by atoms with Crippen molar-refractivity contribution in [2.24, 2.45) is 0 Å². The number of unbranched alkanes of at least 4 members (excludes halogenated alkanes) is 2. The van der Waals surface area contributed by atoms with Crippen molar-refractivity contribution >= 4 is 11.9 Å². The van der Waals surface area contributed by atoms with Crippen LogP contribution in [-0.2, 0) is 14.3 Å². The lowest BCUT2D eigenvalue weighted by atomic mass is 10.1. The van der Waals surface area contributed by atoms with E-state index in [4.69, 9.17) is 5.11 Å². The van der Waals surface area contributed by atoms with Crippen LogP contribution in [-0.4, -0.2) is 34.9 Å². The monoisotopic (exact) mass is 256 g/mol. The fraction of sp³-hybridized carbons (Fsp3) is 0.538. The standard InChI is InChI=1S/C13H20O5/c1-3-12(16)18-13(17)10(2)9-11(15)7-5-4-6-8-14/h3,9,11,14-15H,1,4-8H2,2H3. The summed E-state index contributed by atoms with van der Waals surface area (Å²) in [5.74, 6) is -1.60. The number of aliphatic hydroxyl groups excluding tert-OH is 2. The lowest BCUT2D eigenvalue weighted by molar-refractivity contribution is -0.153. The first-order valence-electron chi connectivity index (χ1n) is 5.87. The van der Waals surface area contributed by atoms with Crippen LogP contribution in [0.2, 0.25) is 0 Å². The maximum absolute atomic E-state index is 11.3. The Balaban J connectivity index is 4.09. The summed E-state index contributed by atoms with van der Waals surface area (Å²) in [4.78, 5) is 22.1. The van der Waals surface area contributed by atoms with Crippen molar-refractivity contribution in [2.45, 2.75) is 38.7 Å². The predicted octanol–water partition coefficient (Wildman–Crippen LogP) is 1.10. The second kappa shape index (κ2) is 9.56. The molecule has 0 rings (SSSR count). The first-order chi connectivity index (χ1) is 8.51. The Bertz CT molecular complexity index is 319. The number of esters is 2.